The lowest BCUT2D eigenvalue weighted by molar-refractivity contribution is -0.132. The highest BCUT2D eigenvalue weighted by Crippen LogP contribution is 2.51. The molecule has 0 bridgehead atoms. The van der Waals surface area contributed by atoms with Crippen molar-refractivity contribution in [3.8, 4) is 17.6 Å². The number of nitrogens with zero attached hydrogens (tertiary/aromatic N) is 4. The highest BCUT2D eigenvalue weighted by molar-refractivity contribution is 8.01. The molecule has 208 valence electrons. The van der Waals surface area contributed by atoms with Gasteiger partial charge in [-0.1, -0.05) is 30.0 Å². The number of urea groups is 1. The van der Waals surface area contributed by atoms with E-state index in [1.165, 1.54) is 11.8 Å². The zero-order valence-corrected chi connectivity index (χ0v) is 23.2. The number of para-hydroxylation sites is 1. The van der Waals surface area contributed by atoms with Crippen LogP contribution in [0.1, 0.15) is 36.4 Å². The predicted molar refractivity (Wildman–Crippen MR) is 153 cm³/mol. The molecule has 3 atom stereocenters. The molecule has 41 heavy (non-hydrogen) atoms. The summed E-state index contributed by atoms with van der Waals surface area (Å²) < 4.78 is 5.97. The van der Waals surface area contributed by atoms with Crippen LogP contribution in [0.3, 0.4) is 0 Å². The summed E-state index contributed by atoms with van der Waals surface area (Å²) in [6.07, 6.45) is 2.97. The topological polar surface area (TPSA) is 128 Å². The van der Waals surface area contributed by atoms with E-state index in [0.29, 0.717) is 35.2 Å². The van der Waals surface area contributed by atoms with Crippen molar-refractivity contribution in [2.24, 2.45) is 0 Å². The number of thioether (sulfide) groups is 1. The van der Waals surface area contributed by atoms with Gasteiger partial charge < -0.3 is 20.3 Å². The number of pyridine rings is 1. The first kappa shape index (κ1) is 26.7. The van der Waals surface area contributed by atoms with Crippen LogP contribution in [0.25, 0.3) is 0 Å². The number of ether oxygens (including phenoxy) is 1. The summed E-state index contributed by atoms with van der Waals surface area (Å²) >= 11 is 1.33. The number of amides is 4. The third kappa shape index (κ3) is 5.18. The zero-order chi connectivity index (χ0) is 28.5. The van der Waals surface area contributed by atoms with E-state index in [4.69, 9.17) is 10.00 Å². The standard InChI is InChI=1S/C30H28N6O4S/c1-18-16-21(40-20-7-3-2-4-8-20)9-10-22(18)36-23-12-14-32-29-25(23)26(34-30(36)39)27(41-29)28(38)33-19-6-5-15-35(17-19)24(37)11-13-31/h2-4,7-10,12,14,16,19,26-27H,5-6,11,15,17H2,1H3,(H,33,38)(H,34,39)/t19?,26?,27-/m0/s1. The van der Waals surface area contributed by atoms with Gasteiger partial charge in [0.25, 0.3) is 0 Å². The Balaban J connectivity index is 1.21. The van der Waals surface area contributed by atoms with Gasteiger partial charge in [0, 0.05) is 30.9 Å². The number of nitrogens with one attached hydrogen (secondary N) is 2. The van der Waals surface area contributed by atoms with Crippen LogP contribution >= 0.6 is 11.8 Å². The molecule has 0 spiro atoms. The first-order valence-electron chi connectivity index (χ1n) is 13.5. The molecule has 6 rings (SSSR count). The van der Waals surface area contributed by atoms with Crippen molar-refractivity contribution in [1.29, 1.82) is 5.26 Å². The van der Waals surface area contributed by atoms with Gasteiger partial charge in [-0.3, -0.25) is 14.5 Å². The van der Waals surface area contributed by atoms with E-state index in [1.54, 1.807) is 22.1 Å². The van der Waals surface area contributed by atoms with Crippen molar-refractivity contribution in [3.05, 3.63) is 71.9 Å². The molecule has 4 amide bonds. The quantitative estimate of drug-likeness (QED) is 0.446. The molecule has 1 fully saturated rings. The number of aromatic nitrogens is 1. The number of nitriles is 1. The molecule has 0 aliphatic carbocycles. The van der Waals surface area contributed by atoms with Crippen LogP contribution in [-0.4, -0.2) is 52.1 Å². The molecule has 10 nitrogen and oxygen atoms in total. The number of likely N-dealkylation sites (tertiary alicyclic amines) is 1. The van der Waals surface area contributed by atoms with Gasteiger partial charge in [-0.05, 0) is 61.7 Å². The van der Waals surface area contributed by atoms with E-state index in [-0.39, 0.29) is 30.3 Å². The van der Waals surface area contributed by atoms with E-state index < -0.39 is 11.3 Å². The molecule has 1 aromatic heterocycles. The Bertz CT molecular complexity index is 1560. The fourth-order valence-electron chi connectivity index (χ4n) is 5.62. The third-order valence-electron chi connectivity index (χ3n) is 7.50. The predicted octanol–water partition coefficient (Wildman–Crippen LogP) is 4.58. The number of rotatable bonds is 6. The van der Waals surface area contributed by atoms with Crippen LogP contribution in [-0.2, 0) is 9.59 Å². The Kier molecular flexibility index (Phi) is 7.24. The number of piperidine rings is 1. The number of hydrogen-bond acceptors (Lipinski definition) is 7. The van der Waals surface area contributed by atoms with Crippen molar-refractivity contribution in [1.82, 2.24) is 20.5 Å². The summed E-state index contributed by atoms with van der Waals surface area (Å²) in [5.41, 5.74) is 3.07. The summed E-state index contributed by atoms with van der Waals surface area (Å²) in [4.78, 5) is 47.0. The smallest absolute Gasteiger partial charge is 0.327 e. The van der Waals surface area contributed by atoms with Crippen LogP contribution in [0.15, 0.2) is 65.8 Å². The van der Waals surface area contributed by atoms with Crippen LogP contribution in [0.5, 0.6) is 11.5 Å². The molecule has 11 heteroatoms. The van der Waals surface area contributed by atoms with Gasteiger partial charge in [-0.15, -0.1) is 0 Å². The lowest BCUT2D eigenvalue weighted by Gasteiger charge is -2.36. The van der Waals surface area contributed by atoms with Crippen LogP contribution in [0, 0.1) is 18.3 Å². The summed E-state index contributed by atoms with van der Waals surface area (Å²) in [6, 6.07) is 17.7. The van der Waals surface area contributed by atoms with Crippen LogP contribution < -0.4 is 20.3 Å². The molecule has 1 saturated heterocycles. The minimum atomic E-state index is -0.599. The molecule has 3 aliphatic heterocycles. The lowest BCUT2D eigenvalue weighted by Crippen LogP contribution is -2.53. The Morgan fingerprint density at radius 3 is 2.78 bits per heavy atom. The van der Waals surface area contributed by atoms with Crippen molar-refractivity contribution in [2.75, 3.05) is 18.0 Å². The maximum Gasteiger partial charge on any atom is 0.327 e. The van der Waals surface area contributed by atoms with E-state index >= 15 is 0 Å². The normalized spacial score (nSPS) is 21.0. The van der Waals surface area contributed by atoms with Gasteiger partial charge in [0.05, 0.1) is 23.5 Å². The Labute approximate surface area is 241 Å². The van der Waals surface area contributed by atoms with Gasteiger partial charge in [-0.25, -0.2) is 9.78 Å². The average molecular weight is 569 g/mol. The molecule has 2 unspecified atom stereocenters. The maximum atomic E-state index is 13.6. The molecule has 3 aliphatic rings. The first-order chi connectivity index (χ1) is 19.9. The van der Waals surface area contributed by atoms with E-state index in [9.17, 15) is 14.4 Å². The van der Waals surface area contributed by atoms with Crippen molar-refractivity contribution >= 4 is 41.0 Å². The largest absolute Gasteiger partial charge is 0.457 e. The van der Waals surface area contributed by atoms with Gasteiger partial charge in [0.2, 0.25) is 11.8 Å². The van der Waals surface area contributed by atoms with E-state index in [2.05, 4.69) is 15.6 Å². The lowest BCUT2D eigenvalue weighted by atomic mass is 9.98. The van der Waals surface area contributed by atoms with Gasteiger partial charge in [-0.2, -0.15) is 5.26 Å². The van der Waals surface area contributed by atoms with Crippen LogP contribution in [0.4, 0.5) is 16.2 Å². The minimum absolute atomic E-state index is 0.171. The molecule has 2 aromatic carbocycles. The summed E-state index contributed by atoms with van der Waals surface area (Å²) in [5, 5.41) is 15.1. The third-order valence-corrected chi connectivity index (χ3v) is 8.79. The summed E-state index contributed by atoms with van der Waals surface area (Å²) in [7, 11) is 0. The van der Waals surface area contributed by atoms with Gasteiger partial charge in [0.15, 0.2) is 0 Å². The highest BCUT2D eigenvalue weighted by atomic mass is 32.2. The molecular weight excluding hydrogens is 540 g/mol. The monoisotopic (exact) mass is 568 g/mol. The summed E-state index contributed by atoms with van der Waals surface area (Å²) in [5.74, 6) is 0.949. The number of aryl methyl sites for hydroxylation is 1. The fraction of sp³-hybridized carbons (Fsp3) is 0.300. The second-order valence-electron chi connectivity index (χ2n) is 10.2. The maximum absolute atomic E-state index is 13.6. The second kappa shape index (κ2) is 11.1. The van der Waals surface area contributed by atoms with E-state index in [0.717, 1.165) is 29.7 Å². The molecule has 0 radical (unpaired) electrons. The Morgan fingerprint density at radius 2 is 2.00 bits per heavy atom. The zero-order valence-electron chi connectivity index (χ0n) is 22.4. The Morgan fingerprint density at radius 1 is 1.17 bits per heavy atom. The number of carbonyl (C=O) groups excluding carboxylic acids is 3. The van der Waals surface area contributed by atoms with E-state index in [1.807, 2.05) is 61.5 Å². The van der Waals surface area contributed by atoms with Gasteiger partial charge >= 0.3 is 6.03 Å². The molecule has 4 heterocycles. The molecular formula is C30H28N6O4S. The number of anilines is 2. The number of carbonyl (C=O) groups is 3. The van der Waals surface area contributed by atoms with Gasteiger partial charge in [0.1, 0.15) is 28.2 Å². The SMILES string of the molecule is Cc1cc(Oc2ccccc2)ccc1N1C(=O)NC2c3c1ccnc3S[C@@H]2C(=O)NC1CCCN(C(=O)CC#N)C1. The molecule has 3 aromatic rings. The number of benzene rings is 2. The van der Waals surface area contributed by atoms with Crippen molar-refractivity contribution in [3.63, 3.8) is 0 Å². The Hall–Kier alpha value is -4.56. The first-order valence-corrected chi connectivity index (χ1v) is 14.4. The summed E-state index contributed by atoms with van der Waals surface area (Å²) in [6.45, 7) is 2.87. The van der Waals surface area contributed by atoms with Crippen LogP contribution in [0.2, 0.25) is 0 Å². The van der Waals surface area contributed by atoms with Crippen molar-refractivity contribution < 1.29 is 19.1 Å². The second-order valence-corrected chi connectivity index (χ2v) is 11.4. The molecule has 2 N–H and O–H groups in total. The highest BCUT2D eigenvalue weighted by Gasteiger charge is 2.47. The average Bonchev–Trinajstić information content (AvgIpc) is 3.34. The molecule has 0 saturated carbocycles. The van der Waals surface area contributed by atoms with Crippen molar-refractivity contribution in [2.45, 2.75) is 48.5 Å². The number of hydrogen-bond donors (Lipinski definition) is 2. The fourth-order valence-corrected chi connectivity index (χ4v) is 6.85. The minimum Gasteiger partial charge on any atom is -0.457 e.